The molecule has 0 aliphatic carbocycles. The van der Waals surface area contributed by atoms with E-state index in [1.807, 2.05) is 27.7 Å². The van der Waals surface area contributed by atoms with E-state index >= 15 is 0 Å². The highest BCUT2D eigenvalue weighted by atomic mass is 19.3. The van der Waals surface area contributed by atoms with Crippen molar-refractivity contribution >= 4 is 23.5 Å². The van der Waals surface area contributed by atoms with Gasteiger partial charge in [0.25, 0.3) is 6.43 Å². The third-order valence-electron chi connectivity index (χ3n) is 4.49. The van der Waals surface area contributed by atoms with Crippen LogP contribution in [0.5, 0.6) is 0 Å². The van der Waals surface area contributed by atoms with Crippen LogP contribution in [-0.4, -0.2) is 28.1 Å². The zero-order chi connectivity index (χ0) is 18.8. The summed E-state index contributed by atoms with van der Waals surface area (Å²) in [4.78, 5) is 0. The van der Waals surface area contributed by atoms with Gasteiger partial charge in [0, 0.05) is 28.2 Å². The van der Waals surface area contributed by atoms with E-state index < -0.39 is 31.7 Å². The first-order chi connectivity index (χ1) is 11.3. The molecule has 2 heterocycles. The van der Waals surface area contributed by atoms with Crippen LogP contribution in [-0.2, 0) is 16.3 Å². The quantitative estimate of drug-likeness (QED) is 0.800. The van der Waals surface area contributed by atoms with Gasteiger partial charge in [0.15, 0.2) is 0 Å². The van der Waals surface area contributed by atoms with Gasteiger partial charge < -0.3 is 9.31 Å². The predicted molar refractivity (Wildman–Crippen MR) is 81.4 cm³/mol. The Labute approximate surface area is 132 Å². The highest BCUT2D eigenvalue weighted by Gasteiger charge is 2.52. The fourth-order valence-corrected chi connectivity index (χ4v) is 2.55. The summed E-state index contributed by atoms with van der Waals surface area (Å²) < 4.78 is 62.3. The molecule has 1 fully saturated rings. The van der Waals surface area contributed by atoms with Crippen molar-refractivity contribution in [3.05, 3.63) is 23.9 Å². The van der Waals surface area contributed by atoms with Gasteiger partial charge in [-0.1, -0.05) is 6.07 Å². The Morgan fingerprint density at radius 1 is 1.23 bits per heavy atom. The second-order valence-corrected chi connectivity index (χ2v) is 6.46. The second-order valence-electron chi connectivity index (χ2n) is 6.46. The van der Waals surface area contributed by atoms with E-state index in [0.29, 0.717) is 0 Å². The Morgan fingerprint density at radius 3 is 2.41 bits per heavy atom. The van der Waals surface area contributed by atoms with E-state index in [2.05, 4.69) is 5.10 Å². The van der Waals surface area contributed by atoms with Crippen LogP contribution in [0.1, 0.15) is 43.8 Å². The van der Waals surface area contributed by atoms with Crippen molar-refractivity contribution in [2.75, 3.05) is 0 Å². The van der Waals surface area contributed by atoms with Gasteiger partial charge in [-0.25, -0.2) is 8.78 Å². The van der Waals surface area contributed by atoms with Crippen molar-refractivity contribution in [2.24, 2.45) is 6.98 Å². The Balaban J connectivity index is 2.15. The molecule has 0 spiro atoms. The van der Waals surface area contributed by atoms with Crippen LogP contribution in [0, 0.1) is 0 Å². The number of rotatable bonds is 2. The number of hydrogen-bond donors (Lipinski definition) is 0. The molecule has 1 aromatic heterocycles. The third kappa shape index (κ3) is 2.23. The lowest BCUT2D eigenvalue weighted by atomic mass is 9.75. The maximum atomic E-state index is 13.8. The fraction of sp³-hybridized carbons (Fsp3) is 0.533. The normalized spacial score (nSPS) is 22.9. The number of aromatic nitrogens is 2. The number of alkyl halides is 2. The smallest absolute Gasteiger partial charge is 0.399 e. The average Bonchev–Trinajstić information content (AvgIpc) is 2.96. The molecule has 118 valence electrons. The molecular weight excluding hydrogens is 289 g/mol. The predicted octanol–water partition coefficient (Wildman–Crippen LogP) is 2.81. The fourth-order valence-electron chi connectivity index (χ4n) is 2.55. The van der Waals surface area contributed by atoms with E-state index in [1.165, 1.54) is 12.1 Å². The van der Waals surface area contributed by atoms with Crippen LogP contribution < -0.4 is 5.46 Å². The van der Waals surface area contributed by atoms with Crippen LogP contribution in [0.2, 0.25) is 0 Å². The SMILES string of the molecule is [2H]C([2H])([2H])n1cc2c(C(F)F)c(B3OC(C)(C)C(C)(C)O3)ccc2n1. The number of benzene rings is 1. The van der Waals surface area contributed by atoms with E-state index in [4.69, 9.17) is 13.4 Å². The summed E-state index contributed by atoms with van der Waals surface area (Å²) in [6.45, 7) is 4.80. The lowest BCUT2D eigenvalue weighted by molar-refractivity contribution is 0.00578. The molecule has 4 nitrogen and oxygen atoms in total. The minimum atomic E-state index is -2.83. The summed E-state index contributed by atoms with van der Waals surface area (Å²) in [7, 11) is -0.963. The van der Waals surface area contributed by atoms with Crippen molar-refractivity contribution in [1.82, 2.24) is 9.78 Å². The standard InChI is InChI=1S/C15H19BF2N2O2/c1-14(2)15(3,4)22-16(21-14)10-6-7-11-9(8-20(5)19-11)12(10)13(17)18/h6-8,13H,1-5H3/i5D3. The van der Waals surface area contributed by atoms with Crippen LogP contribution in [0.25, 0.3) is 10.9 Å². The highest BCUT2D eigenvalue weighted by Crippen LogP contribution is 2.38. The first-order valence-electron chi connectivity index (χ1n) is 8.50. The summed E-state index contributed by atoms with van der Waals surface area (Å²) in [6, 6.07) is 2.96. The van der Waals surface area contributed by atoms with Crippen molar-refractivity contribution in [3.8, 4) is 0 Å². The molecule has 7 heteroatoms. The van der Waals surface area contributed by atoms with Crippen LogP contribution in [0.15, 0.2) is 18.3 Å². The number of hydrogen-bond acceptors (Lipinski definition) is 3. The van der Waals surface area contributed by atoms with E-state index in [-0.39, 0.29) is 21.9 Å². The number of fused-ring (bicyclic) bond motifs is 1. The van der Waals surface area contributed by atoms with Gasteiger partial charge in [-0.05, 0) is 39.2 Å². The lowest BCUT2D eigenvalue weighted by Gasteiger charge is -2.32. The van der Waals surface area contributed by atoms with E-state index in [1.54, 1.807) is 0 Å². The Kier molecular flexibility index (Phi) is 2.60. The number of halogens is 2. The highest BCUT2D eigenvalue weighted by molar-refractivity contribution is 6.63. The minimum Gasteiger partial charge on any atom is -0.399 e. The van der Waals surface area contributed by atoms with Crippen LogP contribution >= 0.6 is 0 Å². The molecule has 1 aliphatic heterocycles. The summed E-state index contributed by atoms with van der Waals surface area (Å²) in [6.07, 6.45) is -1.70. The van der Waals surface area contributed by atoms with Gasteiger partial charge in [-0.3, -0.25) is 4.68 Å². The number of aryl methyl sites for hydroxylation is 1. The van der Waals surface area contributed by atoms with E-state index in [9.17, 15) is 8.78 Å². The molecule has 3 rings (SSSR count). The maximum Gasteiger partial charge on any atom is 0.495 e. The molecule has 22 heavy (non-hydrogen) atoms. The molecule has 0 N–H and O–H groups in total. The molecule has 0 unspecified atom stereocenters. The maximum absolute atomic E-state index is 13.8. The van der Waals surface area contributed by atoms with Gasteiger partial charge in [0.05, 0.1) is 16.7 Å². The van der Waals surface area contributed by atoms with Crippen LogP contribution in [0.4, 0.5) is 8.78 Å². The van der Waals surface area contributed by atoms with Crippen molar-refractivity contribution in [2.45, 2.75) is 45.3 Å². The Bertz CT molecular complexity index is 805. The summed E-state index contributed by atoms with van der Waals surface area (Å²) in [5.74, 6) is 0. The van der Waals surface area contributed by atoms with Gasteiger partial charge in [-0.2, -0.15) is 5.10 Å². The molecule has 1 aromatic carbocycles. The zero-order valence-electron chi connectivity index (χ0n) is 15.9. The molecule has 0 bridgehead atoms. The molecular formula is C15H19BF2N2O2. The molecule has 2 aromatic rings. The first kappa shape index (κ1) is 12.0. The van der Waals surface area contributed by atoms with Gasteiger partial charge >= 0.3 is 7.12 Å². The average molecular weight is 311 g/mol. The second kappa shape index (κ2) is 4.76. The Hall–Kier alpha value is -1.47. The lowest BCUT2D eigenvalue weighted by Crippen LogP contribution is -2.41. The van der Waals surface area contributed by atoms with Crippen molar-refractivity contribution < 1.29 is 22.2 Å². The van der Waals surface area contributed by atoms with Gasteiger partial charge in [0.1, 0.15) is 0 Å². The number of nitrogens with zero attached hydrogens (tertiary/aromatic N) is 2. The monoisotopic (exact) mass is 311 g/mol. The summed E-state index contributed by atoms with van der Waals surface area (Å²) in [5.41, 5.74) is -1.28. The van der Waals surface area contributed by atoms with E-state index in [0.717, 1.165) is 10.9 Å². The molecule has 0 radical (unpaired) electrons. The largest absolute Gasteiger partial charge is 0.495 e. The first-order valence-corrected chi connectivity index (χ1v) is 7.00. The molecule has 0 saturated carbocycles. The zero-order valence-corrected chi connectivity index (χ0v) is 12.9. The van der Waals surface area contributed by atoms with Crippen molar-refractivity contribution in [3.63, 3.8) is 0 Å². The van der Waals surface area contributed by atoms with Gasteiger partial charge in [-0.15, -0.1) is 0 Å². The molecule has 0 amide bonds. The van der Waals surface area contributed by atoms with Crippen molar-refractivity contribution in [1.29, 1.82) is 0 Å². The molecule has 1 saturated heterocycles. The third-order valence-corrected chi connectivity index (χ3v) is 4.49. The topological polar surface area (TPSA) is 36.3 Å². The van der Waals surface area contributed by atoms with Gasteiger partial charge in [0.2, 0.25) is 0 Å². The Morgan fingerprint density at radius 2 is 1.86 bits per heavy atom. The molecule has 1 aliphatic rings. The minimum absolute atomic E-state index is 0.0818. The summed E-state index contributed by atoms with van der Waals surface area (Å²) in [5, 5.41) is 3.97. The summed E-state index contributed by atoms with van der Waals surface area (Å²) >= 11 is 0. The van der Waals surface area contributed by atoms with Crippen LogP contribution in [0.3, 0.4) is 0 Å². The molecule has 0 atom stereocenters.